The van der Waals surface area contributed by atoms with Crippen LogP contribution in [0.4, 0.5) is 5.69 Å². The van der Waals surface area contributed by atoms with Crippen LogP contribution in [-0.4, -0.2) is 69.3 Å². The van der Waals surface area contributed by atoms with Crippen molar-refractivity contribution in [1.29, 1.82) is 0 Å². The first-order valence-electron chi connectivity index (χ1n) is 10.7. The lowest BCUT2D eigenvalue weighted by Gasteiger charge is -2.30. The van der Waals surface area contributed by atoms with Crippen molar-refractivity contribution in [3.05, 3.63) is 59.2 Å². The minimum absolute atomic E-state index is 0.0882. The lowest BCUT2D eigenvalue weighted by atomic mass is 10.1. The summed E-state index contributed by atoms with van der Waals surface area (Å²) in [6.45, 7) is 5.20. The molecule has 1 heterocycles. The Morgan fingerprint density at radius 2 is 1.81 bits per heavy atom. The maximum absolute atomic E-state index is 12.1. The third-order valence-corrected chi connectivity index (χ3v) is 7.68. The maximum Gasteiger partial charge on any atom is 0.151 e. The Labute approximate surface area is 186 Å². The van der Waals surface area contributed by atoms with Gasteiger partial charge in [0, 0.05) is 38.9 Å². The number of aryl methyl sites for hydroxylation is 2. The Balaban J connectivity index is 1.66. The molecule has 0 spiro atoms. The Bertz CT molecular complexity index is 974. The summed E-state index contributed by atoms with van der Waals surface area (Å²) in [5.74, 6) is 1.09. The molecule has 1 aliphatic heterocycles. The molecule has 1 saturated heterocycles. The molecule has 0 saturated carbocycles. The molecule has 2 atom stereocenters. The first-order valence-corrected chi connectivity index (χ1v) is 12.5. The van der Waals surface area contributed by atoms with Crippen molar-refractivity contribution in [2.75, 3.05) is 43.7 Å². The van der Waals surface area contributed by atoms with Gasteiger partial charge in [-0.05, 0) is 61.2 Å². The molecule has 2 aromatic carbocycles. The zero-order chi connectivity index (χ0) is 22.6. The van der Waals surface area contributed by atoms with Crippen molar-refractivity contribution in [3.8, 4) is 5.75 Å². The first kappa shape index (κ1) is 23.6. The molecule has 3 rings (SSSR count). The number of hydrogen-bond donors (Lipinski definition) is 1. The number of aliphatic hydroxyl groups excluding tert-OH is 1. The number of rotatable bonds is 9. The number of anilines is 1. The average Bonchev–Trinajstić information content (AvgIpc) is 3.08. The van der Waals surface area contributed by atoms with Gasteiger partial charge in [-0.1, -0.05) is 18.2 Å². The molecule has 0 amide bonds. The standard InChI is InChI=1S/C24H34N2O4S/c1-18-5-10-24(13-19(18)2)30-16-23(27)15-26(22-11-12-31(28,29)17-22)14-20-6-8-21(9-7-20)25(3)4/h5-10,13,22-23,27H,11-12,14-17H2,1-4H3. The number of aliphatic hydroxyl groups is 1. The molecule has 0 aromatic heterocycles. The van der Waals surface area contributed by atoms with Gasteiger partial charge in [-0.3, -0.25) is 4.90 Å². The molecule has 7 heteroatoms. The van der Waals surface area contributed by atoms with Gasteiger partial charge in [-0.2, -0.15) is 0 Å². The van der Waals surface area contributed by atoms with E-state index in [9.17, 15) is 13.5 Å². The summed E-state index contributed by atoms with van der Waals surface area (Å²) in [5, 5.41) is 10.7. The zero-order valence-corrected chi connectivity index (χ0v) is 19.7. The summed E-state index contributed by atoms with van der Waals surface area (Å²) >= 11 is 0. The molecule has 1 N–H and O–H groups in total. The highest BCUT2D eigenvalue weighted by molar-refractivity contribution is 7.91. The number of sulfone groups is 1. The molecule has 0 radical (unpaired) electrons. The number of ether oxygens (including phenoxy) is 1. The van der Waals surface area contributed by atoms with Gasteiger partial charge in [0.2, 0.25) is 0 Å². The number of nitrogens with zero attached hydrogens (tertiary/aromatic N) is 2. The van der Waals surface area contributed by atoms with Crippen molar-refractivity contribution in [2.24, 2.45) is 0 Å². The smallest absolute Gasteiger partial charge is 0.151 e. The summed E-state index contributed by atoms with van der Waals surface area (Å²) in [4.78, 5) is 4.13. The van der Waals surface area contributed by atoms with Crippen LogP contribution in [0.15, 0.2) is 42.5 Å². The summed E-state index contributed by atoms with van der Waals surface area (Å²) in [5.41, 5.74) is 4.55. The van der Waals surface area contributed by atoms with E-state index in [1.54, 1.807) is 0 Å². The van der Waals surface area contributed by atoms with Crippen LogP contribution in [-0.2, 0) is 16.4 Å². The van der Waals surface area contributed by atoms with Crippen LogP contribution in [0.1, 0.15) is 23.1 Å². The van der Waals surface area contributed by atoms with Crippen molar-refractivity contribution >= 4 is 15.5 Å². The first-order chi connectivity index (χ1) is 14.6. The largest absolute Gasteiger partial charge is 0.491 e. The predicted octanol–water partition coefficient (Wildman–Crippen LogP) is 2.80. The molecule has 0 bridgehead atoms. The van der Waals surface area contributed by atoms with E-state index in [0.29, 0.717) is 19.5 Å². The van der Waals surface area contributed by atoms with E-state index in [-0.39, 0.29) is 24.2 Å². The monoisotopic (exact) mass is 446 g/mol. The lowest BCUT2D eigenvalue weighted by Crippen LogP contribution is -2.42. The Kier molecular flexibility index (Phi) is 7.62. The summed E-state index contributed by atoms with van der Waals surface area (Å²) < 4.78 is 29.9. The molecular weight excluding hydrogens is 412 g/mol. The second-order valence-corrected chi connectivity index (χ2v) is 11.0. The lowest BCUT2D eigenvalue weighted by molar-refractivity contribution is 0.0524. The van der Waals surface area contributed by atoms with Crippen LogP contribution >= 0.6 is 0 Å². The second-order valence-electron chi connectivity index (χ2n) is 8.76. The van der Waals surface area contributed by atoms with Gasteiger partial charge in [-0.25, -0.2) is 8.42 Å². The predicted molar refractivity (Wildman–Crippen MR) is 126 cm³/mol. The third kappa shape index (κ3) is 6.69. The van der Waals surface area contributed by atoms with Crippen LogP contribution in [0, 0.1) is 13.8 Å². The molecule has 0 aliphatic carbocycles. The van der Waals surface area contributed by atoms with Crippen molar-refractivity contribution in [3.63, 3.8) is 0 Å². The molecular formula is C24H34N2O4S. The van der Waals surface area contributed by atoms with Gasteiger partial charge < -0.3 is 14.7 Å². The van der Waals surface area contributed by atoms with E-state index in [4.69, 9.17) is 4.74 Å². The van der Waals surface area contributed by atoms with Crippen LogP contribution in [0.3, 0.4) is 0 Å². The van der Waals surface area contributed by atoms with Crippen LogP contribution in [0.2, 0.25) is 0 Å². The van der Waals surface area contributed by atoms with E-state index >= 15 is 0 Å². The number of benzene rings is 2. The van der Waals surface area contributed by atoms with Gasteiger partial charge in [0.25, 0.3) is 0 Å². The average molecular weight is 447 g/mol. The van der Waals surface area contributed by atoms with E-state index in [0.717, 1.165) is 22.6 Å². The molecule has 1 aliphatic rings. The molecule has 1 fully saturated rings. The van der Waals surface area contributed by atoms with E-state index < -0.39 is 15.9 Å². The fourth-order valence-corrected chi connectivity index (χ4v) is 5.62. The quantitative estimate of drug-likeness (QED) is 0.639. The molecule has 2 unspecified atom stereocenters. The highest BCUT2D eigenvalue weighted by atomic mass is 32.2. The van der Waals surface area contributed by atoms with Gasteiger partial charge in [0.05, 0.1) is 11.5 Å². The Hall–Kier alpha value is -2.09. The van der Waals surface area contributed by atoms with Crippen LogP contribution in [0.5, 0.6) is 5.75 Å². The summed E-state index contributed by atoms with van der Waals surface area (Å²) in [7, 11) is 0.981. The highest BCUT2D eigenvalue weighted by Gasteiger charge is 2.33. The van der Waals surface area contributed by atoms with Gasteiger partial charge in [0.1, 0.15) is 18.5 Å². The maximum atomic E-state index is 12.1. The van der Waals surface area contributed by atoms with Gasteiger partial charge in [-0.15, -0.1) is 0 Å². The SMILES string of the molecule is Cc1ccc(OCC(O)CN(Cc2ccc(N(C)C)cc2)C2CCS(=O)(=O)C2)cc1C. The Morgan fingerprint density at radius 3 is 2.39 bits per heavy atom. The highest BCUT2D eigenvalue weighted by Crippen LogP contribution is 2.22. The Morgan fingerprint density at radius 1 is 1.10 bits per heavy atom. The zero-order valence-electron chi connectivity index (χ0n) is 18.9. The molecule has 2 aromatic rings. The molecule has 170 valence electrons. The normalized spacial score (nSPS) is 18.8. The minimum atomic E-state index is -3.01. The van der Waals surface area contributed by atoms with E-state index in [1.807, 2.05) is 51.0 Å². The van der Waals surface area contributed by atoms with Crippen molar-refractivity contribution in [1.82, 2.24) is 4.90 Å². The summed E-state index contributed by atoms with van der Waals surface area (Å²) in [6.07, 6.45) is -0.117. The fourth-order valence-electron chi connectivity index (χ4n) is 3.86. The topological polar surface area (TPSA) is 70.1 Å². The number of hydrogen-bond acceptors (Lipinski definition) is 6. The van der Waals surface area contributed by atoms with Crippen LogP contribution < -0.4 is 9.64 Å². The van der Waals surface area contributed by atoms with Gasteiger partial charge >= 0.3 is 0 Å². The van der Waals surface area contributed by atoms with E-state index in [2.05, 4.69) is 29.2 Å². The fraction of sp³-hybridized carbons (Fsp3) is 0.500. The van der Waals surface area contributed by atoms with E-state index in [1.165, 1.54) is 5.56 Å². The van der Waals surface area contributed by atoms with Crippen molar-refractivity contribution in [2.45, 2.75) is 39.0 Å². The third-order valence-electron chi connectivity index (χ3n) is 5.93. The van der Waals surface area contributed by atoms with Crippen LogP contribution in [0.25, 0.3) is 0 Å². The van der Waals surface area contributed by atoms with Gasteiger partial charge in [0.15, 0.2) is 9.84 Å². The molecule has 6 nitrogen and oxygen atoms in total. The molecule has 31 heavy (non-hydrogen) atoms. The minimum Gasteiger partial charge on any atom is -0.491 e. The summed E-state index contributed by atoms with van der Waals surface area (Å²) in [6, 6.07) is 14.0. The second kappa shape index (κ2) is 10.0. The van der Waals surface area contributed by atoms with Crippen molar-refractivity contribution < 1.29 is 18.3 Å².